The number of carbonyl (C=O) groups excluding carboxylic acids is 2. The number of methoxy groups -OCH3 is 2. The van der Waals surface area contributed by atoms with Gasteiger partial charge in [0, 0.05) is 38.0 Å². The van der Waals surface area contributed by atoms with E-state index < -0.39 is 17.7 Å². The van der Waals surface area contributed by atoms with Gasteiger partial charge in [-0.25, -0.2) is 0 Å². The highest BCUT2D eigenvalue weighted by molar-refractivity contribution is 6.01. The maximum atomic E-state index is 13.8. The summed E-state index contributed by atoms with van der Waals surface area (Å²) in [7, 11) is 3.22. The molecule has 0 aliphatic carbocycles. The van der Waals surface area contributed by atoms with Crippen molar-refractivity contribution in [2.45, 2.75) is 31.1 Å². The van der Waals surface area contributed by atoms with Gasteiger partial charge in [-0.2, -0.15) is 0 Å². The van der Waals surface area contributed by atoms with Crippen molar-refractivity contribution in [3.8, 4) is 11.5 Å². The maximum absolute atomic E-state index is 13.8. The summed E-state index contributed by atoms with van der Waals surface area (Å²) in [6, 6.07) is 14.6. The second kappa shape index (κ2) is 9.27. The second-order valence-electron chi connectivity index (χ2n) is 8.92. The van der Waals surface area contributed by atoms with Gasteiger partial charge in [-0.05, 0) is 42.0 Å². The molecular weight excluding hydrogens is 436 g/mol. The summed E-state index contributed by atoms with van der Waals surface area (Å²) in [6.45, 7) is 2.31. The number of hydrogen-bond donors (Lipinski definition) is 0. The Balaban J connectivity index is 1.43. The zero-order valence-corrected chi connectivity index (χ0v) is 19.6. The molecule has 3 saturated heterocycles. The van der Waals surface area contributed by atoms with E-state index in [1.165, 1.54) is 0 Å². The molecule has 2 aromatic rings. The number of likely N-dealkylation sites (tertiary alicyclic amines) is 1. The number of benzene rings is 2. The fourth-order valence-corrected chi connectivity index (χ4v) is 5.27. The molecule has 3 heterocycles. The van der Waals surface area contributed by atoms with Gasteiger partial charge in [0.2, 0.25) is 11.8 Å². The molecule has 0 saturated carbocycles. The SMILES string of the molecule is COc1ccc([C@@H]2[C@@H](C(=O)N3CCC4(CC3)OCCO4)CC(=O)N2c2ccc(OC)cc2)cc1. The first-order valence-corrected chi connectivity index (χ1v) is 11.7. The van der Waals surface area contributed by atoms with Crippen LogP contribution in [0, 0.1) is 5.92 Å². The summed E-state index contributed by atoms with van der Waals surface area (Å²) < 4.78 is 22.2. The Morgan fingerprint density at radius 3 is 2.03 bits per heavy atom. The Hall–Kier alpha value is -3.10. The number of rotatable bonds is 5. The molecule has 0 N–H and O–H groups in total. The molecule has 0 unspecified atom stereocenters. The number of anilines is 1. The van der Waals surface area contributed by atoms with Gasteiger partial charge in [0.1, 0.15) is 11.5 Å². The first-order valence-electron chi connectivity index (χ1n) is 11.7. The minimum Gasteiger partial charge on any atom is -0.497 e. The molecule has 8 nitrogen and oxygen atoms in total. The summed E-state index contributed by atoms with van der Waals surface area (Å²) in [4.78, 5) is 30.7. The molecule has 3 fully saturated rings. The van der Waals surface area contributed by atoms with Crippen molar-refractivity contribution in [3.05, 3.63) is 54.1 Å². The Morgan fingerprint density at radius 1 is 0.912 bits per heavy atom. The Kier molecular flexibility index (Phi) is 6.18. The zero-order valence-electron chi connectivity index (χ0n) is 19.6. The van der Waals surface area contributed by atoms with Gasteiger partial charge >= 0.3 is 0 Å². The highest BCUT2D eigenvalue weighted by Crippen LogP contribution is 2.43. The smallest absolute Gasteiger partial charge is 0.228 e. The summed E-state index contributed by atoms with van der Waals surface area (Å²) in [5.74, 6) is 0.334. The largest absolute Gasteiger partial charge is 0.497 e. The Labute approximate surface area is 199 Å². The zero-order chi connectivity index (χ0) is 23.7. The second-order valence-corrected chi connectivity index (χ2v) is 8.92. The van der Waals surface area contributed by atoms with Crippen LogP contribution in [0.4, 0.5) is 5.69 Å². The van der Waals surface area contributed by atoms with Crippen molar-refractivity contribution in [2.24, 2.45) is 5.92 Å². The number of amides is 2. The molecule has 180 valence electrons. The molecule has 2 aromatic carbocycles. The summed E-state index contributed by atoms with van der Waals surface area (Å²) in [6.07, 6.45) is 1.46. The van der Waals surface area contributed by atoms with Crippen LogP contribution in [-0.2, 0) is 19.1 Å². The van der Waals surface area contributed by atoms with Crippen LogP contribution in [-0.4, -0.2) is 63.0 Å². The first kappa shape index (κ1) is 22.7. The third-order valence-corrected chi connectivity index (χ3v) is 7.10. The van der Waals surface area contributed by atoms with Gasteiger partial charge in [-0.15, -0.1) is 0 Å². The van der Waals surface area contributed by atoms with E-state index in [0.717, 1.165) is 17.0 Å². The molecule has 8 heteroatoms. The van der Waals surface area contributed by atoms with E-state index >= 15 is 0 Å². The third-order valence-electron chi connectivity index (χ3n) is 7.10. The summed E-state index contributed by atoms with van der Waals surface area (Å²) in [5.41, 5.74) is 1.64. The molecule has 2 atom stereocenters. The van der Waals surface area contributed by atoms with Crippen LogP contribution in [0.25, 0.3) is 0 Å². The lowest BCUT2D eigenvalue weighted by molar-refractivity contribution is -0.188. The van der Waals surface area contributed by atoms with E-state index in [1.54, 1.807) is 19.1 Å². The van der Waals surface area contributed by atoms with Crippen molar-refractivity contribution in [1.29, 1.82) is 0 Å². The van der Waals surface area contributed by atoms with Crippen LogP contribution in [0.5, 0.6) is 11.5 Å². The topological polar surface area (TPSA) is 77.5 Å². The van der Waals surface area contributed by atoms with Crippen molar-refractivity contribution >= 4 is 17.5 Å². The molecule has 3 aliphatic rings. The lowest BCUT2D eigenvalue weighted by Crippen LogP contribution is -2.49. The predicted octanol–water partition coefficient (Wildman–Crippen LogP) is 3.16. The fraction of sp³-hybridized carbons (Fsp3) is 0.462. The van der Waals surface area contributed by atoms with E-state index in [-0.39, 0.29) is 18.2 Å². The predicted molar refractivity (Wildman–Crippen MR) is 125 cm³/mol. The lowest BCUT2D eigenvalue weighted by atomic mass is 9.91. The fourth-order valence-electron chi connectivity index (χ4n) is 5.27. The van der Waals surface area contributed by atoms with Crippen LogP contribution in [0.3, 0.4) is 0 Å². The molecule has 1 spiro atoms. The molecule has 0 bridgehead atoms. The quantitative estimate of drug-likeness (QED) is 0.674. The highest BCUT2D eigenvalue weighted by atomic mass is 16.7. The third kappa shape index (κ3) is 4.12. The minimum atomic E-state index is -0.549. The van der Waals surface area contributed by atoms with E-state index in [4.69, 9.17) is 18.9 Å². The first-order chi connectivity index (χ1) is 16.5. The number of nitrogens with zero attached hydrogens (tertiary/aromatic N) is 2. The number of piperidine rings is 1. The Morgan fingerprint density at radius 2 is 1.47 bits per heavy atom. The van der Waals surface area contributed by atoms with Gasteiger partial charge in [0.15, 0.2) is 5.79 Å². The van der Waals surface area contributed by atoms with Crippen LogP contribution < -0.4 is 14.4 Å². The van der Waals surface area contributed by atoms with Crippen LogP contribution in [0.15, 0.2) is 48.5 Å². The molecule has 3 aliphatic heterocycles. The molecule has 34 heavy (non-hydrogen) atoms. The van der Waals surface area contributed by atoms with Crippen molar-refractivity contribution in [3.63, 3.8) is 0 Å². The number of ether oxygens (including phenoxy) is 4. The highest BCUT2D eigenvalue weighted by Gasteiger charge is 2.48. The Bertz CT molecular complexity index is 1020. The van der Waals surface area contributed by atoms with E-state index in [0.29, 0.717) is 44.9 Å². The van der Waals surface area contributed by atoms with Gasteiger partial charge in [0.25, 0.3) is 0 Å². The van der Waals surface area contributed by atoms with Gasteiger partial charge in [-0.1, -0.05) is 12.1 Å². The average molecular weight is 467 g/mol. The van der Waals surface area contributed by atoms with Gasteiger partial charge < -0.3 is 28.7 Å². The summed E-state index contributed by atoms with van der Waals surface area (Å²) in [5, 5.41) is 0. The van der Waals surface area contributed by atoms with Crippen molar-refractivity contribution < 1.29 is 28.5 Å². The van der Waals surface area contributed by atoms with E-state index in [2.05, 4.69) is 0 Å². The minimum absolute atomic E-state index is 0.00183. The van der Waals surface area contributed by atoms with Crippen LogP contribution in [0.1, 0.15) is 30.9 Å². The molecule has 0 aromatic heterocycles. The van der Waals surface area contributed by atoms with Gasteiger partial charge in [0.05, 0.1) is 39.4 Å². The monoisotopic (exact) mass is 466 g/mol. The summed E-state index contributed by atoms with van der Waals surface area (Å²) >= 11 is 0. The van der Waals surface area contributed by atoms with E-state index in [1.807, 2.05) is 53.4 Å². The maximum Gasteiger partial charge on any atom is 0.228 e. The van der Waals surface area contributed by atoms with Gasteiger partial charge in [-0.3, -0.25) is 9.59 Å². The number of carbonyl (C=O) groups is 2. The van der Waals surface area contributed by atoms with Crippen molar-refractivity contribution in [2.75, 3.05) is 45.4 Å². The number of hydrogen-bond acceptors (Lipinski definition) is 6. The normalized spacial score (nSPS) is 24.0. The van der Waals surface area contributed by atoms with Crippen molar-refractivity contribution in [1.82, 2.24) is 4.90 Å². The average Bonchev–Trinajstić information content (AvgIpc) is 3.48. The standard InChI is InChI=1S/C26H30N2O6/c1-31-20-7-3-18(4-8-20)24-22(17-23(29)28(24)19-5-9-21(32-2)10-6-19)25(30)27-13-11-26(12-14-27)33-15-16-34-26/h3-10,22,24H,11-17H2,1-2H3/t22-,24+/m0/s1. The van der Waals surface area contributed by atoms with Crippen LogP contribution >= 0.6 is 0 Å². The molecular formula is C26H30N2O6. The lowest BCUT2D eigenvalue weighted by Gasteiger charge is -2.39. The molecule has 5 rings (SSSR count). The van der Waals surface area contributed by atoms with Crippen LogP contribution in [0.2, 0.25) is 0 Å². The molecule has 2 amide bonds. The van der Waals surface area contributed by atoms with E-state index in [9.17, 15) is 9.59 Å². The molecule has 0 radical (unpaired) electrons.